The van der Waals surface area contributed by atoms with Crippen LogP contribution in [0.1, 0.15) is 6.42 Å². The lowest BCUT2D eigenvalue weighted by atomic mass is 10.0. The summed E-state index contributed by atoms with van der Waals surface area (Å²) in [5, 5.41) is 2.98. The van der Waals surface area contributed by atoms with Gasteiger partial charge in [-0.25, -0.2) is 0 Å². The Balaban J connectivity index is 1.98. The van der Waals surface area contributed by atoms with Gasteiger partial charge in [0.2, 0.25) is 0 Å². The maximum Gasteiger partial charge on any atom is 0.130 e. The van der Waals surface area contributed by atoms with E-state index in [4.69, 9.17) is 12.2 Å². The molecule has 0 atom stereocenters. The van der Waals surface area contributed by atoms with Crippen molar-refractivity contribution in [2.45, 2.75) is 6.42 Å². The van der Waals surface area contributed by atoms with Gasteiger partial charge in [0.15, 0.2) is 0 Å². The van der Waals surface area contributed by atoms with Crippen molar-refractivity contribution >= 4 is 29.2 Å². The van der Waals surface area contributed by atoms with E-state index in [1.807, 2.05) is 12.8 Å². The summed E-state index contributed by atoms with van der Waals surface area (Å²) >= 11 is 8.69. The van der Waals surface area contributed by atoms with Gasteiger partial charge in [0.25, 0.3) is 0 Å². The molecule has 1 rings (SSSR count). The Hall–Kier alpha value is 0.240. The molecule has 59 valence electrons. The standard InChI is InChI=1S/C8H10NS2/c10-8(11)9-6-5-7-3-1-2-4-7/h1-4H,5-6H2,(H2,9,10,11). The van der Waals surface area contributed by atoms with Crippen LogP contribution < -0.4 is 5.32 Å². The van der Waals surface area contributed by atoms with Crippen molar-refractivity contribution in [3.63, 3.8) is 0 Å². The van der Waals surface area contributed by atoms with Gasteiger partial charge in [0, 0.05) is 6.54 Å². The lowest BCUT2D eigenvalue weighted by molar-refractivity contribution is 0.830. The van der Waals surface area contributed by atoms with Crippen molar-refractivity contribution in [2.75, 3.05) is 6.54 Å². The fraction of sp³-hybridized carbons (Fsp3) is 0.250. The molecule has 11 heavy (non-hydrogen) atoms. The van der Waals surface area contributed by atoms with Gasteiger partial charge in [-0.15, -0.1) is 12.6 Å². The van der Waals surface area contributed by atoms with E-state index in [-0.39, 0.29) is 0 Å². The number of thiocarbonyl (C=S) groups is 1. The molecule has 1 saturated carbocycles. The molecule has 0 aromatic heterocycles. The molecule has 3 heteroatoms. The van der Waals surface area contributed by atoms with Crippen LogP contribution in [0.15, 0.2) is 0 Å². The molecule has 1 aliphatic rings. The van der Waals surface area contributed by atoms with E-state index in [0.29, 0.717) is 4.32 Å². The smallest absolute Gasteiger partial charge is 0.130 e. The van der Waals surface area contributed by atoms with Crippen LogP contribution in [0.3, 0.4) is 0 Å². The first-order valence-corrected chi connectivity index (χ1v) is 4.32. The van der Waals surface area contributed by atoms with Gasteiger partial charge in [-0.2, -0.15) is 0 Å². The van der Waals surface area contributed by atoms with Crippen LogP contribution >= 0.6 is 24.8 Å². The van der Waals surface area contributed by atoms with Gasteiger partial charge in [-0.1, -0.05) is 12.2 Å². The first-order chi connectivity index (χ1) is 5.29. The largest absolute Gasteiger partial charge is 0.371 e. The molecule has 0 spiro atoms. The van der Waals surface area contributed by atoms with Crippen LogP contribution in [0, 0.1) is 31.6 Å². The highest BCUT2D eigenvalue weighted by Crippen LogP contribution is 2.25. The molecule has 0 heterocycles. The second-order valence-corrected chi connectivity index (χ2v) is 3.43. The molecule has 1 aliphatic carbocycles. The molecule has 5 radical (unpaired) electrons. The van der Waals surface area contributed by atoms with Gasteiger partial charge < -0.3 is 5.32 Å². The number of hydrogen-bond donors (Lipinski definition) is 2. The molecule has 0 amide bonds. The van der Waals surface area contributed by atoms with Crippen molar-refractivity contribution in [1.29, 1.82) is 0 Å². The quantitative estimate of drug-likeness (QED) is 0.510. The number of rotatable bonds is 3. The molecule has 0 bridgehead atoms. The van der Waals surface area contributed by atoms with Crippen LogP contribution in [0.5, 0.6) is 0 Å². The zero-order valence-electron chi connectivity index (χ0n) is 6.08. The van der Waals surface area contributed by atoms with Gasteiger partial charge in [-0.3, -0.25) is 0 Å². The van der Waals surface area contributed by atoms with E-state index in [9.17, 15) is 0 Å². The molecule has 0 aromatic carbocycles. The summed E-state index contributed by atoms with van der Waals surface area (Å²) in [6, 6.07) is 0. The van der Waals surface area contributed by atoms with Crippen molar-refractivity contribution in [2.24, 2.45) is 0 Å². The van der Waals surface area contributed by atoms with Crippen LogP contribution in [-0.4, -0.2) is 10.9 Å². The molecule has 1 fully saturated rings. The van der Waals surface area contributed by atoms with E-state index in [2.05, 4.69) is 30.8 Å². The van der Waals surface area contributed by atoms with Gasteiger partial charge in [0.1, 0.15) is 4.32 Å². The normalized spacial score (nSPS) is 18.6. The molecule has 0 unspecified atom stereocenters. The minimum Gasteiger partial charge on any atom is -0.371 e. The van der Waals surface area contributed by atoms with Crippen molar-refractivity contribution in [3.8, 4) is 0 Å². The fourth-order valence-electron chi connectivity index (χ4n) is 0.894. The van der Waals surface area contributed by atoms with Crippen LogP contribution in [0.25, 0.3) is 0 Å². The van der Waals surface area contributed by atoms with Gasteiger partial charge >= 0.3 is 0 Å². The van der Waals surface area contributed by atoms with Crippen molar-refractivity contribution in [3.05, 3.63) is 31.6 Å². The van der Waals surface area contributed by atoms with E-state index in [0.717, 1.165) is 13.0 Å². The summed E-state index contributed by atoms with van der Waals surface area (Å²) in [5.74, 6) is 1.34. The number of nitrogens with one attached hydrogen (secondary N) is 1. The highest BCUT2D eigenvalue weighted by molar-refractivity contribution is 8.11. The summed E-state index contributed by atoms with van der Waals surface area (Å²) in [7, 11) is 0. The number of hydrogen-bond acceptors (Lipinski definition) is 1. The maximum absolute atomic E-state index is 4.74. The Kier molecular flexibility index (Phi) is 4.23. The van der Waals surface area contributed by atoms with E-state index < -0.39 is 0 Å². The number of thiol groups is 1. The molecule has 1 nitrogen and oxygen atoms in total. The summed E-state index contributed by atoms with van der Waals surface area (Å²) in [4.78, 5) is 0. The maximum atomic E-state index is 4.74. The molecular weight excluding hydrogens is 174 g/mol. The first-order valence-electron chi connectivity index (χ1n) is 3.46. The SMILES string of the molecule is S=C(S)NCC[C]1[CH][CH][CH][CH]1. The van der Waals surface area contributed by atoms with E-state index in [1.165, 1.54) is 5.92 Å². The minimum absolute atomic E-state index is 0.566. The van der Waals surface area contributed by atoms with Crippen LogP contribution in [0.4, 0.5) is 0 Å². The average Bonchev–Trinajstić information content (AvgIpc) is 2.39. The lowest BCUT2D eigenvalue weighted by Crippen LogP contribution is -2.19. The fourth-order valence-corrected chi connectivity index (χ4v) is 1.11. The van der Waals surface area contributed by atoms with E-state index in [1.54, 1.807) is 0 Å². The van der Waals surface area contributed by atoms with Crippen molar-refractivity contribution in [1.82, 2.24) is 5.32 Å². The Morgan fingerprint density at radius 2 is 2.09 bits per heavy atom. The molecule has 1 N–H and O–H groups in total. The zero-order chi connectivity index (χ0) is 8.10. The topological polar surface area (TPSA) is 12.0 Å². The van der Waals surface area contributed by atoms with Crippen LogP contribution in [0.2, 0.25) is 0 Å². The van der Waals surface area contributed by atoms with Crippen LogP contribution in [-0.2, 0) is 0 Å². The summed E-state index contributed by atoms with van der Waals surface area (Å²) < 4.78 is 0.566. The molecule has 0 aromatic rings. The summed E-state index contributed by atoms with van der Waals surface area (Å²) in [5.41, 5.74) is 0. The third kappa shape index (κ3) is 3.97. The molecule has 0 saturated heterocycles. The predicted molar refractivity (Wildman–Crippen MR) is 54.6 cm³/mol. The molecule has 0 aliphatic heterocycles. The second-order valence-electron chi connectivity index (χ2n) is 2.28. The Morgan fingerprint density at radius 1 is 1.45 bits per heavy atom. The minimum atomic E-state index is 0.566. The van der Waals surface area contributed by atoms with Crippen molar-refractivity contribution < 1.29 is 0 Å². The summed E-state index contributed by atoms with van der Waals surface area (Å²) in [6.45, 7) is 0.867. The Labute approximate surface area is 79.4 Å². The highest BCUT2D eigenvalue weighted by atomic mass is 32.1. The highest BCUT2D eigenvalue weighted by Gasteiger charge is 2.15. The molecular formula is C8H10NS2. The Bertz CT molecular complexity index is 130. The Morgan fingerprint density at radius 3 is 2.64 bits per heavy atom. The average molecular weight is 184 g/mol. The monoisotopic (exact) mass is 184 g/mol. The summed E-state index contributed by atoms with van der Waals surface area (Å²) in [6.07, 6.45) is 9.28. The third-order valence-electron chi connectivity index (χ3n) is 1.42. The zero-order valence-corrected chi connectivity index (χ0v) is 7.79. The first kappa shape index (κ1) is 9.33. The third-order valence-corrected chi connectivity index (χ3v) is 1.72. The van der Waals surface area contributed by atoms with Gasteiger partial charge in [0.05, 0.1) is 0 Å². The predicted octanol–water partition coefficient (Wildman–Crippen LogP) is 1.59. The van der Waals surface area contributed by atoms with Gasteiger partial charge in [-0.05, 0) is 38.0 Å². The van der Waals surface area contributed by atoms with E-state index >= 15 is 0 Å². The lowest BCUT2D eigenvalue weighted by Gasteiger charge is -2.07. The second kappa shape index (κ2) is 4.99.